The molecule has 1 atom stereocenters. The minimum atomic E-state index is -2.97. The van der Waals surface area contributed by atoms with Crippen molar-refractivity contribution in [1.82, 2.24) is 9.88 Å². The number of carbonyl (C=O) groups excluding carboxylic acids is 1. The summed E-state index contributed by atoms with van der Waals surface area (Å²) >= 11 is 0. The Morgan fingerprint density at radius 1 is 1.46 bits per heavy atom. The highest BCUT2D eigenvalue weighted by Gasteiger charge is 2.46. The highest BCUT2D eigenvalue weighted by molar-refractivity contribution is 5.68. The highest BCUT2D eigenvalue weighted by Crippen LogP contribution is 2.33. The van der Waals surface area contributed by atoms with E-state index in [1.807, 2.05) is 13.0 Å². The van der Waals surface area contributed by atoms with Crippen LogP contribution in [0.25, 0.3) is 0 Å². The van der Waals surface area contributed by atoms with Gasteiger partial charge in [-0.3, -0.25) is 0 Å². The lowest BCUT2D eigenvalue weighted by molar-refractivity contribution is -0.106. The number of hydrogen-bond acceptors (Lipinski definition) is 4. The molecule has 0 saturated carbocycles. The number of amides is 1. The average molecular weight is 341 g/mol. The molecule has 134 valence electrons. The first kappa shape index (κ1) is 18.4. The number of ether oxygens (including phenoxy) is 1. The Bertz CT molecular complexity index is 570. The largest absolute Gasteiger partial charge is 0.444 e. The van der Waals surface area contributed by atoms with Crippen LogP contribution in [0.4, 0.5) is 19.4 Å². The number of carbonyl (C=O) groups is 1. The van der Waals surface area contributed by atoms with E-state index in [0.717, 1.165) is 10.5 Å². The van der Waals surface area contributed by atoms with Gasteiger partial charge in [-0.15, -0.1) is 0 Å². The number of rotatable bonds is 3. The number of nitrogens with one attached hydrogen (secondary N) is 1. The summed E-state index contributed by atoms with van der Waals surface area (Å²) < 4.78 is 33.9. The molecule has 1 amide bonds. The fourth-order valence-electron chi connectivity index (χ4n) is 2.52. The monoisotopic (exact) mass is 341 g/mol. The molecule has 0 aromatic carbocycles. The second kappa shape index (κ2) is 6.91. The number of anilines is 1. The first-order valence-corrected chi connectivity index (χ1v) is 8.09. The van der Waals surface area contributed by atoms with E-state index in [-0.39, 0.29) is 19.5 Å². The lowest BCUT2D eigenvalue weighted by Crippen LogP contribution is -2.53. The molecule has 5 nitrogen and oxygen atoms in total. The smallest absolute Gasteiger partial charge is 0.410 e. The molecule has 7 heteroatoms. The Balaban J connectivity index is 1.91. The summed E-state index contributed by atoms with van der Waals surface area (Å²) in [4.78, 5) is 17.2. The Hall–Kier alpha value is -1.92. The number of likely N-dealkylation sites (tertiary alicyclic amines) is 1. The summed E-state index contributed by atoms with van der Waals surface area (Å²) in [5, 5.41) is 2.95. The molecule has 24 heavy (non-hydrogen) atoms. The van der Waals surface area contributed by atoms with Crippen molar-refractivity contribution in [3.05, 3.63) is 23.9 Å². The summed E-state index contributed by atoms with van der Waals surface area (Å²) in [5.74, 6) is -3.24. The van der Waals surface area contributed by atoms with Gasteiger partial charge in [0.15, 0.2) is 0 Å². The van der Waals surface area contributed by atoms with E-state index in [4.69, 9.17) is 4.74 Å². The highest BCUT2D eigenvalue weighted by atomic mass is 19.3. The van der Waals surface area contributed by atoms with E-state index in [1.165, 1.54) is 0 Å². The standard InChI is InChI=1S/C17H25F2N3O2/c1-12-5-6-14(20-9-12)21-10-13-7-8-22(11-17(13,18)19)15(23)24-16(2,3)4/h5-6,9,13H,7-8,10-11H2,1-4H3,(H,20,21)/t13-/m0/s1. The van der Waals surface area contributed by atoms with Gasteiger partial charge in [0.2, 0.25) is 0 Å². The Labute approximate surface area is 141 Å². The van der Waals surface area contributed by atoms with E-state index in [2.05, 4.69) is 10.3 Å². The second-order valence-electron chi connectivity index (χ2n) is 7.25. The lowest BCUT2D eigenvalue weighted by atomic mass is 9.93. The number of aromatic nitrogens is 1. The van der Waals surface area contributed by atoms with Gasteiger partial charge in [-0.1, -0.05) is 6.07 Å². The molecule has 2 rings (SSSR count). The van der Waals surface area contributed by atoms with Crippen molar-refractivity contribution >= 4 is 11.9 Å². The van der Waals surface area contributed by atoms with Crippen LogP contribution in [0, 0.1) is 12.8 Å². The summed E-state index contributed by atoms with van der Waals surface area (Å²) in [6.07, 6.45) is 1.21. The number of piperidine rings is 1. The number of hydrogen-bond donors (Lipinski definition) is 1. The molecule has 0 radical (unpaired) electrons. The van der Waals surface area contributed by atoms with E-state index in [0.29, 0.717) is 5.82 Å². The summed E-state index contributed by atoms with van der Waals surface area (Å²) in [5.41, 5.74) is 0.318. The maximum atomic E-state index is 14.4. The zero-order chi connectivity index (χ0) is 18.0. The zero-order valence-electron chi connectivity index (χ0n) is 14.6. The van der Waals surface area contributed by atoms with Crippen molar-refractivity contribution in [2.45, 2.75) is 45.6 Å². The van der Waals surface area contributed by atoms with Crippen molar-refractivity contribution in [3.63, 3.8) is 0 Å². The minimum Gasteiger partial charge on any atom is -0.444 e. The molecule has 1 aromatic rings. The molecule has 0 unspecified atom stereocenters. The van der Waals surface area contributed by atoms with E-state index >= 15 is 0 Å². The molecule has 0 spiro atoms. The van der Waals surface area contributed by atoms with Gasteiger partial charge in [0.05, 0.1) is 6.54 Å². The molecule has 0 aliphatic carbocycles. The van der Waals surface area contributed by atoms with Crippen LogP contribution in [0.3, 0.4) is 0 Å². The molecular formula is C17H25F2N3O2. The third kappa shape index (κ3) is 5.04. The first-order valence-electron chi connectivity index (χ1n) is 8.09. The molecule has 1 saturated heterocycles. The molecule has 1 fully saturated rings. The van der Waals surface area contributed by atoms with Gasteiger partial charge in [0.1, 0.15) is 11.4 Å². The van der Waals surface area contributed by atoms with E-state index < -0.39 is 30.1 Å². The van der Waals surface area contributed by atoms with Crippen molar-refractivity contribution in [1.29, 1.82) is 0 Å². The van der Waals surface area contributed by atoms with Crippen LogP contribution in [-0.2, 0) is 4.74 Å². The number of halogens is 2. The van der Waals surface area contributed by atoms with Crippen molar-refractivity contribution in [3.8, 4) is 0 Å². The van der Waals surface area contributed by atoms with Gasteiger partial charge in [-0.25, -0.2) is 18.6 Å². The van der Waals surface area contributed by atoms with E-state index in [9.17, 15) is 13.6 Å². The van der Waals surface area contributed by atoms with Gasteiger partial charge in [-0.2, -0.15) is 0 Å². The van der Waals surface area contributed by atoms with Crippen molar-refractivity contribution in [2.24, 2.45) is 5.92 Å². The number of aryl methyl sites for hydroxylation is 1. The summed E-state index contributed by atoms with van der Waals surface area (Å²) in [7, 11) is 0. The van der Waals surface area contributed by atoms with Crippen LogP contribution >= 0.6 is 0 Å². The quantitative estimate of drug-likeness (QED) is 0.911. The Morgan fingerprint density at radius 2 is 2.17 bits per heavy atom. The van der Waals surface area contributed by atoms with Gasteiger partial charge < -0.3 is 15.0 Å². The van der Waals surface area contributed by atoms with E-state index in [1.54, 1.807) is 33.0 Å². The lowest BCUT2D eigenvalue weighted by Gasteiger charge is -2.38. The number of nitrogens with zero attached hydrogens (tertiary/aromatic N) is 2. The van der Waals surface area contributed by atoms with Crippen LogP contribution < -0.4 is 5.32 Å². The van der Waals surface area contributed by atoms with Crippen LogP contribution in [-0.4, -0.2) is 47.1 Å². The fourth-order valence-corrected chi connectivity index (χ4v) is 2.52. The topological polar surface area (TPSA) is 54.5 Å². The Kier molecular flexibility index (Phi) is 5.30. The average Bonchev–Trinajstić information content (AvgIpc) is 2.45. The summed E-state index contributed by atoms with van der Waals surface area (Å²) in [6, 6.07) is 3.64. The van der Waals surface area contributed by atoms with Crippen LogP contribution in [0.2, 0.25) is 0 Å². The maximum absolute atomic E-state index is 14.4. The van der Waals surface area contributed by atoms with Crippen LogP contribution in [0.15, 0.2) is 18.3 Å². The molecule has 2 heterocycles. The van der Waals surface area contributed by atoms with Gasteiger partial charge >= 0.3 is 6.09 Å². The zero-order valence-corrected chi connectivity index (χ0v) is 14.6. The minimum absolute atomic E-state index is 0.116. The molecule has 1 N–H and O–H groups in total. The fraction of sp³-hybridized carbons (Fsp3) is 0.647. The predicted molar refractivity (Wildman–Crippen MR) is 88.3 cm³/mol. The maximum Gasteiger partial charge on any atom is 0.410 e. The van der Waals surface area contributed by atoms with Crippen molar-refractivity contribution < 1.29 is 18.3 Å². The normalized spacial score (nSPS) is 20.6. The second-order valence-corrected chi connectivity index (χ2v) is 7.25. The third-order valence-electron chi connectivity index (χ3n) is 3.84. The van der Waals surface area contributed by atoms with Crippen LogP contribution in [0.5, 0.6) is 0 Å². The SMILES string of the molecule is Cc1ccc(NC[C@@H]2CCN(C(=O)OC(C)(C)C)CC2(F)F)nc1. The number of pyridine rings is 1. The molecule has 1 aliphatic heterocycles. The molecule has 1 aromatic heterocycles. The Morgan fingerprint density at radius 3 is 2.71 bits per heavy atom. The summed E-state index contributed by atoms with van der Waals surface area (Å²) in [6.45, 7) is 6.83. The molecule has 0 bridgehead atoms. The van der Waals surface area contributed by atoms with Crippen LogP contribution in [0.1, 0.15) is 32.8 Å². The van der Waals surface area contributed by atoms with Gasteiger partial charge in [0, 0.05) is 25.2 Å². The molecule has 1 aliphatic rings. The number of alkyl halides is 2. The van der Waals surface area contributed by atoms with Gasteiger partial charge in [0.25, 0.3) is 5.92 Å². The van der Waals surface area contributed by atoms with Gasteiger partial charge in [-0.05, 0) is 45.7 Å². The molecular weight excluding hydrogens is 316 g/mol. The first-order chi connectivity index (χ1) is 11.1. The predicted octanol–water partition coefficient (Wildman–Crippen LogP) is 3.69. The van der Waals surface area contributed by atoms with Crippen molar-refractivity contribution in [2.75, 3.05) is 25.0 Å². The third-order valence-corrected chi connectivity index (χ3v) is 3.84.